The largest absolute Gasteiger partial charge is 0.310 e. The Morgan fingerprint density at radius 1 is 0.917 bits per heavy atom. The SMILES string of the molecule is CCC1CC2CCCC(C(C)NC3C4CC5CC(C4)CC3C5)(C1)C2. The molecule has 0 amide bonds. The van der Waals surface area contributed by atoms with Crippen LogP contribution in [-0.2, 0) is 0 Å². The van der Waals surface area contributed by atoms with Crippen LogP contribution in [-0.4, -0.2) is 12.1 Å². The van der Waals surface area contributed by atoms with Crippen LogP contribution in [0.2, 0.25) is 0 Å². The number of hydrogen-bond donors (Lipinski definition) is 1. The molecule has 6 bridgehead atoms. The summed E-state index contributed by atoms with van der Waals surface area (Å²) in [4.78, 5) is 0. The maximum atomic E-state index is 4.32. The highest BCUT2D eigenvalue weighted by Crippen LogP contribution is 2.56. The first kappa shape index (κ1) is 16.2. The van der Waals surface area contributed by atoms with Crippen LogP contribution in [0.1, 0.15) is 90.9 Å². The van der Waals surface area contributed by atoms with Gasteiger partial charge >= 0.3 is 0 Å². The first-order valence-corrected chi connectivity index (χ1v) is 11.4. The summed E-state index contributed by atoms with van der Waals surface area (Å²) in [5.74, 6) is 6.36. The maximum absolute atomic E-state index is 4.32. The predicted octanol–water partition coefficient (Wildman–Crippen LogP) is 5.79. The van der Waals surface area contributed by atoms with Gasteiger partial charge in [0.25, 0.3) is 0 Å². The van der Waals surface area contributed by atoms with Crippen LogP contribution in [0.5, 0.6) is 0 Å². The molecule has 0 saturated heterocycles. The van der Waals surface area contributed by atoms with E-state index in [0.29, 0.717) is 5.41 Å². The Hall–Kier alpha value is -0.0400. The smallest absolute Gasteiger partial charge is 0.0127 e. The van der Waals surface area contributed by atoms with Crippen molar-refractivity contribution in [1.29, 1.82) is 0 Å². The highest BCUT2D eigenvalue weighted by Gasteiger charge is 2.51. The molecule has 4 atom stereocenters. The second kappa shape index (κ2) is 6.00. The first-order chi connectivity index (χ1) is 11.6. The van der Waals surface area contributed by atoms with Crippen LogP contribution < -0.4 is 5.32 Å². The van der Waals surface area contributed by atoms with Crippen molar-refractivity contribution in [2.24, 2.45) is 40.9 Å². The maximum Gasteiger partial charge on any atom is 0.0127 e. The van der Waals surface area contributed by atoms with E-state index in [0.717, 1.165) is 47.6 Å². The van der Waals surface area contributed by atoms with Crippen LogP contribution in [0.3, 0.4) is 0 Å². The van der Waals surface area contributed by atoms with Crippen molar-refractivity contribution in [3.05, 3.63) is 0 Å². The number of nitrogens with one attached hydrogen (secondary N) is 1. The summed E-state index contributed by atoms with van der Waals surface area (Å²) in [5.41, 5.74) is 0.649. The lowest BCUT2D eigenvalue weighted by Gasteiger charge is -2.58. The summed E-state index contributed by atoms with van der Waals surface area (Å²) in [7, 11) is 0. The zero-order valence-electron chi connectivity index (χ0n) is 16.1. The molecule has 6 aliphatic carbocycles. The van der Waals surface area contributed by atoms with Crippen LogP contribution in [0.15, 0.2) is 0 Å². The molecule has 6 aliphatic rings. The molecular formula is C23H39N. The normalized spacial score (nSPS) is 54.0. The average Bonchev–Trinajstić information content (AvgIpc) is 2.56. The Morgan fingerprint density at radius 3 is 2.29 bits per heavy atom. The number of rotatable bonds is 4. The molecule has 1 N–H and O–H groups in total. The Labute approximate surface area is 149 Å². The van der Waals surface area contributed by atoms with Crippen molar-refractivity contribution in [2.75, 3.05) is 0 Å². The minimum absolute atomic E-state index is 0.649. The highest BCUT2D eigenvalue weighted by atomic mass is 15.0. The van der Waals surface area contributed by atoms with E-state index < -0.39 is 0 Å². The lowest BCUT2D eigenvalue weighted by Crippen LogP contribution is -2.60. The molecule has 136 valence electrons. The standard InChI is InChI=1S/C23H39N/c1-3-16-7-17-5-4-6-23(13-16,14-17)15(2)24-22-20-9-18-8-19(11-20)12-21(22)10-18/h15-22,24H,3-14H2,1-2H3. The molecule has 24 heavy (non-hydrogen) atoms. The fraction of sp³-hybridized carbons (Fsp3) is 1.00. The topological polar surface area (TPSA) is 12.0 Å². The van der Waals surface area contributed by atoms with Gasteiger partial charge in [-0.1, -0.05) is 26.2 Å². The monoisotopic (exact) mass is 329 g/mol. The van der Waals surface area contributed by atoms with Crippen molar-refractivity contribution in [3.8, 4) is 0 Å². The Kier molecular flexibility index (Phi) is 4.04. The molecule has 0 aromatic heterocycles. The van der Waals surface area contributed by atoms with E-state index >= 15 is 0 Å². The van der Waals surface area contributed by atoms with Crippen molar-refractivity contribution >= 4 is 0 Å². The fourth-order valence-corrected chi connectivity index (χ4v) is 8.58. The first-order valence-electron chi connectivity index (χ1n) is 11.4. The molecule has 6 saturated carbocycles. The zero-order chi connectivity index (χ0) is 16.3. The van der Waals surface area contributed by atoms with Gasteiger partial charge in [0.15, 0.2) is 0 Å². The van der Waals surface area contributed by atoms with E-state index in [1.807, 2.05) is 0 Å². The molecule has 6 fully saturated rings. The Bertz CT molecular complexity index is 443. The van der Waals surface area contributed by atoms with Crippen molar-refractivity contribution in [2.45, 2.75) is 103 Å². The van der Waals surface area contributed by atoms with E-state index in [4.69, 9.17) is 0 Å². The summed E-state index contributed by atoms with van der Waals surface area (Å²) in [6, 6.07) is 1.64. The molecule has 0 spiro atoms. The minimum Gasteiger partial charge on any atom is -0.310 e. The molecule has 6 rings (SSSR count). The van der Waals surface area contributed by atoms with Crippen LogP contribution in [0, 0.1) is 40.9 Å². The summed E-state index contributed by atoms with van der Waals surface area (Å²) >= 11 is 0. The van der Waals surface area contributed by atoms with Crippen LogP contribution >= 0.6 is 0 Å². The van der Waals surface area contributed by atoms with E-state index in [-0.39, 0.29) is 0 Å². The Balaban J connectivity index is 1.31. The van der Waals surface area contributed by atoms with Crippen LogP contribution in [0.25, 0.3) is 0 Å². The van der Waals surface area contributed by atoms with E-state index in [2.05, 4.69) is 19.2 Å². The van der Waals surface area contributed by atoms with Gasteiger partial charge in [0.05, 0.1) is 0 Å². The summed E-state index contributed by atoms with van der Waals surface area (Å²) in [6.07, 6.45) is 18.4. The lowest BCUT2D eigenvalue weighted by molar-refractivity contribution is -0.0420. The fourth-order valence-electron chi connectivity index (χ4n) is 8.58. The average molecular weight is 330 g/mol. The third-order valence-corrected chi connectivity index (χ3v) is 9.51. The van der Waals surface area contributed by atoms with Gasteiger partial charge in [-0.05, 0) is 106 Å². The van der Waals surface area contributed by atoms with Crippen molar-refractivity contribution < 1.29 is 0 Å². The van der Waals surface area contributed by atoms with E-state index in [1.165, 1.54) is 32.1 Å². The van der Waals surface area contributed by atoms with E-state index in [9.17, 15) is 0 Å². The summed E-state index contributed by atoms with van der Waals surface area (Å²) in [6.45, 7) is 5.03. The third kappa shape index (κ3) is 2.60. The van der Waals surface area contributed by atoms with Gasteiger partial charge in [-0.2, -0.15) is 0 Å². The molecule has 0 aliphatic heterocycles. The number of hydrogen-bond acceptors (Lipinski definition) is 1. The predicted molar refractivity (Wildman–Crippen MR) is 101 cm³/mol. The van der Waals surface area contributed by atoms with Crippen LogP contribution in [0.4, 0.5) is 0 Å². The van der Waals surface area contributed by atoms with Gasteiger partial charge in [0, 0.05) is 12.1 Å². The summed E-state index contributed by atoms with van der Waals surface area (Å²) < 4.78 is 0. The van der Waals surface area contributed by atoms with Crippen molar-refractivity contribution in [1.82, 2.24) is 5.32 Å². The zero-order valence-corrected chi connectivity index (χ0v) is 16.1. The van der Waals surface area contributed by atoms with Gasteiger partial charge < -0.3 is 5.32 Å². The molecule has 0 aromatic carbocycles. The molecular weight excluding hydrogens is 290 g/mol. The minimum atomic E-state index is 0.649. The second-order valence-corrected chi connectivity index (χ2v) is 10.9. The van der Waals surface area contributed by atoms with Gasteiger partial charge in [0.2, 0.25) is 0 Å². The van der Waals surface area contributed by atoms with Crippen molar-refractivity contribution in [3.63, 3.8) is 0 Å². The van der Waals surface area contributed by atoms with Gasteiger partial charge in [-0.15, -0.1) is 0 Å². The molecule has 4 unspecified atom stereocenters. The molecule has 0 aromatic rings. The van der Waals surface area contributed by atoms with E-state index in [1.54, 1.807) is 44.9 Å². The molecule has 0 radical (unpaired) electrons. The molecule has 0 heterocycles. The second-order valence-electron chi connectivity index (χ2n) is 10.9. The third-order valence-electron chi connectivity index (χ3n) is 9.51. The number of fused-ring (bicyclic) bond motifs is 2. The summed E-state index contributed by atoms with van der Waals surface area (Å²) in [5, 5.41) is 4.32. The van der Waals surface area contributed by atoms with Gasteiger partial charge in [-0.3, -0.25) is 0 Å². The molecule has 1 nitrogen and oxygen atoms in total. The lowest BCUT2D eigenvalue weighted by atomic mass is 9.53. The van der Waals surface area contributed by atoms with Gasteiger partial charge in [-0.25, -0.2) is 0 Å². The molecule has 1 heteroatoms. The highest BCUT2D eigenvalue weighted by molar-refractivity contribution is 5.05. The van der Waals surface area contributed by atoms with Gasteiger partial charge in [0.1, 0.15) is 0 Å². The quantitative estimate of drug-likeness (QED) is 0.688. The Morgan fingerprint density at radius 2 is 1.62 bits per heavy atom.